The summed E-state index contributed by atoms with van der Waals surface area (Å²) in [5.74, 6) is 3.62. The van der Waals surface area contributed by atoms with E-state index in [4.69, 9.17) is 9.47 Å². The number of hydrogen-bond donors (Lipinski definition) is 0. The molecule has 0 saturated carbocycles. The summed E-state index contributed by atoms with van der Waals surface area (Å²) in [6.07, 6.45) is 0. The summed E-state index contributed by atoms with van der Waals surface area (Å²) in [6, 6.07) is 116. The molecule has 2 aromatic heterocycles. The molecule has 0 N–H and O–H groups in total. The second-order valence-electron chi connectivity index (χ2n) is 25.5. The molecule has 17 aromatic rings. The van der Waals surface area contributed by atoms with Crippen molar-refractivity contribution < 1.29 is 9.47 Å². The fourth-order valence-electron chi connectivity index (χ4n) is 16.1. The minimum Gasteiger partial charge on any atom is -0.457 e. The predicted molar refractivity (Wildman–Crippen MR) is 408 cm³/mol. The Bertz CT molecular complexity index is 5630. The summed E-state index contributed by atoms with van der Waals surface area (Å²) in [6.45, 7) is -0.321. The summed E-state index contributed by atoms with van der Waals surface area (Å²) < 4.78 is 19.7. The van der Waals surface area contributed by atoms with Gasteiger partial charge in [0.05, 0.1) is 9.40 Å². The lowest BCUT2D eigenvalue weighted by molar-refractivity contribution is 0.493. The van der Waals surface area contributed by atoms with Crippen LogP contribution in [-0.4, -0.2) is 13.4 Å². The fraction of sp³-hybridized carbons (Fsp3) is 0. The normalized spacial score (nSPS) is 13.1. The van der Waals surface area contributed by atoms with Gasteiger partial charge < -0.3 is 29.1 Å². The zero-order valence-corrected chi connectivity index (χ0v) is 53.2. The van der Waals surface area contributed by atoms with Gasteiger partial charge >= 0.3 is 0 Å². The predicted octanol–water partition coefficient (Wildman–Crippen LogP) is 20.5. The minimum atomic E-state index is -0.160. The SMILES string of the molecule is c1ccc(N(c2ccccc2)c2ccc3cc4sc5c6c7c(cc5c4cc3c2)N(c2ccccc2)c2cc3c(cc2B7c2ccccc2O6)B2c4ccccc4Oc4c2c(cc2c4sc4cc5ccc(N(c6ccccc6)c6ccccc6)cc5cc42)N3c2ccccc2)cc1. The third-order valence-corrected chi connectivity index (χ3v) is 22.5. The van der Waals surface area contributed by atoms with Crippen molar-refractivity contribution in [2.45, 2.75) is 0 Å². The van der Waals surface area contributed by atoms with Crippen molar-refractivity contribution in [1.82, 2.24) is 0 Å². The highest BCUT2D eigenvalue weighted by Crippen LogP contribution is 2.53. The second kappa shape index (κ2) is 20.8. The van der Waals surface area contributed by atoms with Crippen LogP contribution in [0.4, 0.5) is 68.2 Å². The molecule has 0 unspecified atom stereocenters. The van der Waals surface area contributed by atoms with E-state index >= 15 is 0 Å². The Balaban J connectivity index is 0.798. The lowest BCUT2D eigenvalue weighted by Crippen LogP contribution is -2.63. The van der Waals surface area contributed by atoms with E-state index < -0.39 is 0 Å². The van der Waals surface area contributed by atoms with E-state index in [-0.39, 0.29) is 13.4 Å². The second-order valence-corrected chi connectivity index (χ2v) is 27.6. The van der Waals surface area contributed by atoms with Crippen molar-refractivity contribution in [3.63, 3.8) is 0 Å². The number of fused-ring (bicyclic) bond motifs is 18. The highest BCUT2D eigenvalue weighted by atomic mass is 32.1. The van der Waals surface area contributed by atoms with Crippen LogP contribution < -0.4 is 61.9 Å². The molecule has 0 amide bonds. The molecule has 0 spiro atoms. The summed E-state index contributed by atoms with van der Waals surface area (Å²) in [5, 5.41) is 9.49. The first-order chi connectivity index (χ1) is 47.6. The summed E-state index contributed by atoms with van der Waals surface area (Å²) >= 11 is 3.68. The summed E-state index contributed by atoms with van der Waals surface area (Å²) in [4.78, 5) is 9.77. The van der Waals surface area contributed by atoms with Crippen LogP contribution in [0.2, 0.25) is 0 Å². The molecule has 6 heterocycles. The van der Waals surface area contributed by atoms with Crippen molar-refractivity contribution >= 4 is 199 Å². The molecule has 0 aliphatic carbocycles. The van der Waals surface area contributed by atoms with Crippen molar-refractivity contribution in [1.29, 1.82) is 0 Å². The lowest BCUT2D eigenvalue weighted by Gasteiger charge is -2.44. The molecule has 0 bridgehead atoms. The van der Waals surface area contributed by atoms with Crippen LogP contribution in [-0.2, 0) is 0 Å². The third kappa shape index (κ3) is 8.00. The number of rotatable bonds is 8. The molecule has 21 rings (SSSR count). The largest absolute Gasteiger partial charge is 0.457 e. The van der Waals surface area contributed by atoms with E-state index in [9.17, 15) is 0 Å². The Morgan fingerprint density at radius 1 is 0.271 bits per heavy atom. The molecule has 15 aromatic carbocycles. The third-order valence-electron chi connectivity index (χ3n) is 20.2. The van der Waals surface area contributed by atoms with Crippen molar-refractivity contribution in [3.8, 4) is 23.0 Å². The van der Waals surface area contributed by atoms with Gasteiger partial charge in [-0.3, -0.25) is 0 Å². The Morgan fingerprint density at radius 3 is 1.03 bits per heavy atom. The maximum atomic E-state index is 7.46. The molecule has 6 nitrogen and oxygen atoms in total. The number of nitrogens with zero attached hydrogens (tertiary/aromatic N) is 4. The number of ether oxygens (including phenoxy) is 2. The summed E-state index contributed by atoms with van der Waals surface area (Å²) in [7, 11) is 0. The molecule has 4 aliphatic rings. The van der Waals surface area contributed by atoms with Crippen molar-refractivity contribution in [2.75, 3.05) is 19.6 Å². The topological polar surface area (TPSA) is 31.4 Å². The smallest absolute Gasteiger partial charge is 0.256 e. The van der Waals surface area contributed by atoms with Crippen molar-refractivity contribution in [3.05, 3.63) is 315 Å². The van der Waals surface area contributed by atoms with Crippen LogP contribution in [0.3, 0.4) is 0 Å². The van der Waals surface area contributed by atoms with Crippen molar-refractivity contribution in [2.24, 2.45) is 0 Å². The van der Waals surface area contributed by atoms with Gasteiger partial charge in [0, 0.05) is 99.2 Å². The van der Waals surface area contributed by atoms with E-state index in [0.29, 0.717) is 0 Å². The molecule has 10 heteroatoms. The average molecular weight is 1260 g/mol. The number of benzene rings is 15. The fourth-order valence-corrected chi connectivity index (χ4v) is 18.5. The standard InChI is InChI=1S/C86H52B2N4O2S2/c1-7-23-57(24-8-1)89(58-25-9-2-10-26-58)63-41-39-53-47-79-65(45-55(53)43-63)67-49-75-81-83(85(67)95-79)93-77-37-21-19-35-69(77)87(81)71-51-72-74(52-73(71)91(75)61-31-15-5-16-32-61)92(62-33-17-6-18-34-62)76-50-68-66-46-56-44-64(90(59-27-11-3-12-28-59)60-29-13-4-14-30-60)42-40-54(56)48-80(66)96-86(68)84-82(76)88(72)70-36-20-22-38-78(70)94-84/h1-52H. The number of hydrogen-bond acceptors (Lipinski definition) is 8. The van der Waals surface area contributed by atoms with Gasteiger partial charge in [-0.05, 0) is 206 Å². The van der Waals surface area contributed by atoms with Gasteiger partial charge in [0.25, 0.3) is 13.4 Å². The molecule has 0 saturated heterocycles. The molecule has 96 heavy (non-hydrogen) atoms. The van der Waals surface area contributed by atoms with E-state index in [2.05, 4.69) is 335 Å². The van der Waals surface area contributed by atoms with Gasteiger partial charge in [-0.15, -0.1) is 22.7 Å². The zero-order chi connectivity index (χ0) is 62.7. The monoisotopic (exact) mass is 1260 g/mol. The van der Waals surface area contributed by atoms with Crippen LogP contribution in [0, 0.1) is 0 Å². The first-order valence-corrected chi connectivity index (χ1v) is 34.4. The first kappa shape index (κ1) is 53.7. The van der Waals surface area contributed by atoms with E-state index in [0.717, 1.165) is 112 Å². The minimum absolute atomic E-state index is 0.160. The van der Waals surface area contributed by atoms with Gasteiger partial charge in [0.1, 0.15) is 23.0 Å². The number of thiophene rings is 2. The molecule has 0 atom stereocenters. The number of anilines is 12. The van der Waals surface area contributed by atoms with Gasteiger partial charge in [-0.25, -0.2) is 0 Å². The Labute approximate surface area is 562 Å². The molecule has 446 valence electrons. The number of para-hydroxylation sites is 8. The molecule has 0 radical (unpaired) electrons. The lowest BCUT2D eigenvalue weighted by atomic mass is 9.31. The van der Waals surface area contributed by atoms with Gasteiger partial charge in [-0.2, -0.15) is 0 Å². The maximum Gasteiger partial charge on any atom is 0.256 e. The van der Waals surface area contributed by atoms with Crippen LogP contribution in [0.15, 0.2) is 315 Å². The van der Waals surface area contributed by atoms with Crippen LogP contribution in [0.1, 0.15) is 0 Å². The molecule has 0 fully saturated rings. The molecule has 4 aliphatic heterocycles. The molecular formula is C86H52B2N4O2S2. The highest BCUT2D eigenvalue weighted by Gasteiger charge is 2.48. The Hall–Kier alpha value is -11.8. The zero-order valence-electron chi connectivity index (χ0n) is 51.6. The average Bonchev–Trinajstić information content (AvgIpc) is 1.06. The Kier molecular flexibility index (Phi) is 11.7. The highest BCUT2D eigenvalue weighted by molar-refractivity contribution is 7.27. The van der Waals surface area contributed by atoms with E-state index in [1.807, 2.05) is 22.7 Å². The van der Waals surface area contributed by atoms with E-state index in [1.54, 1.807) is 0 Å². The van der Waals surface area contributed by atoms with E-state index in [1.165, 1.54) is 74.3 Å². The van der Waals surface area contributed by atoms with Crippen LogP contribution in [0.5, 0.6) is 23.0 Å². The Morgan fingerprint density at radius 2 is 0.635 bits per heavy atom. The summed E-state index contributed by atoms with van der Waals surface area (Å²) in [5.41, 5.74) is 20.4. The molecular weight excluding hydrogens is 1210 g/mol. The maximum absolute atomic E-state index is 7.46. The quantitative estimate of drug-likeness (QED) is 0.141. The van der Waals surface area contributed by atoms with Crippen LogP contribution >= 0.6 is 22.7 Å². The van der Waals surface area contributed by atoms with Gasteiger partial charge in [0.2, 0.25) is 0 Å². The van der Waals surface area contributed by atoms with Crippen LogP contribution in [0.25, 0.3) is 61.9 Å². The van der Waals surface area contributed by atoms with Gasteiger partial charge in [0.15, 0.2) is 0 Å². The first-order valence-electron chi connectivity index (χ1n) is 32.8. The van der Waals surface area contributed by atoms with Gasteiger partial charge in [-0.1, -0.05) is 164 Å².